The molecule has 5 rings (SSSR count). The van der Waals surface area contributed by atoms with Gasteiger partial charge >= 0.3 is 0 Å². The standard InChI is InChI=1S/C24H26N4O2/c1-30-19-6-4-17(5-7-19)16-28-13-10-24(11-14-28)9-8-20-21(24)26-22(27-23(20)29)18-3-2-12-25-15-18/h2-7,12,15H,8-11,13-14,16H2,1H3,(H,26,27,29). The molecule has 1 saturated heterocycles. The van der Waals surface area contributed by atoms with Gasteiger partial charge in [0.25, 0.3) is 5.56 Å². The largest absolute Gasteiger partial charge is 0.497 e. The van der Waals surface area contributed by atoms with Crippen LogP contribution in [0.1, 0.15) is 36.1 Å². The number of aromatic amines is 1. The van der Waals surface area contributed by atoms with Gasteiger partial charge in [-0.25, -0.2) is 4.98 Å². The molecule has 3 aromatic rings. The van der Waals surface area contributed by atoms with E-state index in [9.17, 15) is 4.79 Å². The number of hydrogen-bond acceptors (Lipinski definition) is 5. The van der Waals surface area contributed by atoms with E-state index in [1.165, 1.54) is 5.56 Å². The second kappa shape index (κ2) is 7.69. The molecule has 154 valence electrons. The lowest BCUT2D eigenvalue weighted by Gasteiger charge is -2.39. The zero-order valence-electron chi connectivity index (χ0n) is 17.2. The average Bonchev–Trinajstić information content (AvgIpc) is 3.15. The number of H-pyrrole nitrogens is 1. The number of rotatable bonds is 4. The van der Waals surface area contributed by atoms with Crippen molar-refractivity contribution >= 4 is 0 Å². The van der Waals surface area contributed by atoms with E-state index >= 15 is 0 Å². The van der Waals surface area contributed by atoms with Crippen LogP contribution in [-0.4, -0.2) is 40.1 Å². The van der Waals surface area contributed by atoms with Gasteiger partial charge in [0.1, 0.15) is 11.6 Å². The summed E-state index contributed by atoms with van der Waals surface area (Å²) >= 11 is 0. The van der Waals surface area contributed by atoms with Gasteiger partial charge in [-0.2, -0.15) is 0 Å². The summed E-state index contributed by atoms with van der Waals surface area (Å²) in [5.74, 6) is 1.52. The highest BCUT2D eigenvalue weighted by atomic mass is 16.5. The molecule has 1 aliphatic carbocycles. The third-order valence-electron chi connectivity index (χ3n) is 6.68. The van der Waals surface area contributed by atoms with Gasteiger partial charge in [0.2, 0.25) is 0 Å². The summed E-state index contributed by atoms with van der Waals surface area (Å²) in [6.07, 6.45) is 7.41. The Morgan fingerprint density at radius 1 is 1.13 bits per heavy atom. The van der Waals surface area contributed by atoms with Crippen molar-refractivity contribution in [3.8, 4) is 17.1 Å². The number of aromatic nitrogens is 3. The van der Waals surface area contributed by atoms with Gasteiger partial charge < -0.3 is 9.72 Å². The number of hydrogen-bond donors (Lipinski definition) is 1. The van der Waals surface area contributed by atoms with Gasteiger partial charge in [-0.05, 0) is 68.6 Å². The van der Waals surface area contributed by atoms with Crippen LogP contribution in [0.15, 0.2) is 53.6 Å². The van der Waals surface area contributed by atoms with Crippen molar-refractivity contribution in [2.24, 2.45) is 0 Å². The molecule has 1 fully saturated rings. The molecule has 2 aromatic heterocycles. The van der Waals surface area contributed by atoms with Crippen molar-refractivity contribution in [3.63, 3.8) is 0 Å². The molecule has 0 unspecified atom stereocenters. The van der Waals surface area contributed by atoms with Crippen LogP contribution < -0.4 is 10.3 Å². The van der Waals surface area contributed by atoms with Crippen LogP contribution in [0.2, 0.25) is 0 Å². The number of fused-ring (bicyclic) bond motifs is 2. The Kier molecular flexibility index (Phi) is 4.87. The van der Waals surface area contributed by atoms with Crippen molar-refractivity contribution in [3.05, 3.63) is 76.0 Å². The van der Waals surface area contributed by atoms with E-state index in [2.05, 4.69) is 27.0 Å². The van der Waals surface area contributed by atoms with E-state index in [-0.39, 0.29) is 11.0 Å². The Labute approximate surface area is 176 Å². The summed E-state index contributed by atoms with van der Waals surface area (Å²) < 4.78 is 5.25. The highest BCUT2D eigenvalue weighted by Gasteiger charge is 2.43. The summed E-state index contributed by atoms with van der Waals surface area (Å²) in [5.41, 5.74) is 4.09. The van der Waals surface area contributed by atoms with E-state index < -0.39 is 0 Å². The van der Waals surface area contributed by atoms with Gasteiger partial charge in [-0.3, -0.25) is 14.7 Å². The molecule has 0 bridgehead atoms. The smallest absolute Gasteiger partial charge is 0.254 e. The molecule has 1 aromatic carbocycles. The van der Waals surface area contributed by atoms with Crippen LogP contribution in [0.4, 0.5) is 0 Å². The Bertz CT molecular complexity index is 1080. The Balaban J connectivity index is 1.35. The van der Waals surface area contributed by atoms with Crippen molar-refractivity contribution in [1.82, 2.24) is 19.9 Å². The third kappa shape index (κ3) is 3.41. The van der Waals surface area contributed by atoms with Crippen LogP contribution in [0.25, 0.3) is 11.4 Å². The van der Waals surface area contributed by atoms with Gasteiger partial charge in [0, 0.05) is 35.5 Å². The quantitative estimate of drug-likeness (QED) is 0.725. The highest BCUT2D eigenvalue weighted by molar-refractivity contribution is 5.54. The van der Waals surface area contributed by atoms with Gasteiger partial charge in [-0.15, -0.1) is 0 Å². The maximum Gasteiger partial charge on any atom is 0.254 e. The van der Waals surface area contributed by atoms with Crippen molar-refractivity contribution in [2.75, 3.05) is 20.2 Å². The number of ether oxygens (including phenoxy) is 1. The van der Waals surface area contributed by atoms with Crippen molar-refractivity contribution in [1.29, 1.82) is 0 Å². The first-order chi connectivity index (χ1) is 14.7. The molecule has 2 aliphatic rings. The number of nitrogens with zero attached hydrogens (tertiary/aromatic N) is 3. The van der Waals surface area contributed by atoms with Gasteiger partial charge in [0.15, 0.2) is 0 Å². The summed E-state index contributed by atoms with van der Waals surface area (Å²) in [7, 11) is 1.69. The maximum absolute atomic E-state index is 12.8. The summed E-state index contributed by atoms with van der Waals surface area (Å²) in [5, 5.41) is 0. The second-order valence-electron chi connectivity index (χ2n) is 8.39. The van der Waals surface area contributed by atoms with Crippen LogP contribution >= 0.6 is 0 Å². The maximum atomic E-state index is 12.8. The molecule has 0 amide bonds. The fourth-order valence-corrected chi connectivity index (χ4v) is 4.91. The summed E-state index contributed by atoms with van der Waals surface area (Å²) in [6.45, 7) is 2.97. The minimum absolute atomic E-state index is 0.0105. The molecule has 6 nitrogen and oxygen atoms in total. The van der Waals surface area contributed by atoms with E-state index in [4.69, 9.17) is 9.72 Å². The number of methoxy groups -OCH3 is 1. The molecule has 1 spiro atoms. The van der Waals surface area contributed by atoms with E-state index in [0.29, 0.717) is 5.82 Å². The predicted molar refractivity (Wildman–Crippen MR) is 116 cm³/mol. The van der Waals surface area contributed by atoms with E-state index in [0.717, 1.165) is 67.9 Å². The van der Waals surface area contributed by atoms with Gasteiger partial charge in [0.05, 0.1) is 12.8 Å². The first-order valence-corrected chi connectivity index (χ1v) is 10.6. The normalized spacial score (nSPS) is 17.8. The van der Waals surface area contributed by atoms with Crippen LogP contribution in [0.5, 0.6) is 5.75 Å². The highest BCUT2D eigenvalue weighted by Crippen LogP contribution is 2.44. The minimum Gasteiger partial charge on any atom is -0.497 e. The molecule has 6 heteroatoms. The SMILES string of the molecule is COc1ccc(CN2CCC3(CCc4c3nc(-c3cccnc3)[nH]c4=O)CC2)cc1. The summed E-state index contributed by atoms with van der Waals surface area (Å²) in [4.78, 5) is 27.4. The molecular formula is C24H26N4O2. The lowest BCUT2D eigenvalue weighted by molar-refractivity contribution is 0.150. The Morgan fingerprint density at radius 3 is 2.63 bits per heavy atom. The molecule has 30 heavy (non-hydrogen) atoms. The summed E-state index contributed by atoms with van der Waals surface area (Å²) in [6, 6.07) is 12.1. The first-order valence-electron chi connectivity index (χ1n) is 10.6. The third-order valence-corrected chi connectivity index (χ3v) is 6.68. The van der Waals surface area contributed by atoms with E-state index in [1.807, 2.05) is 24.3 Å². The fraction of sp³-hybridized carbons (Fsp3) is 0.375. The van der Waals surface area contributed by atoms with Crippen molar-refractivity contribution in [2.45, 2.75) is 37.6 Å². The van der Waals surface area contributed by atoms with Crippen molar-refractivity contribution < 1.29 is 4.74 Å². The predicted octanol–water partition coefficient (Wildman–Crippen LogP) is 3.32. The Morgan fingerprint density at radius 2 is 1.93 bits per heavy atom. The molecule has 1 N–H and O–H groups in total. The number of benzene rings is 1. The fourth-order valence-electron chi connectivity index (χ4n) is 4.91. The molecule has 0 radical (unpaired) electrons. The first kappa shape index (κ1) is 19.0. The van der Waals surface area contributed by atoms with Gasteiger partial charge in [-0.1, -0.05) is 12.1 Å². The second-order valence-corrected chi connectivity index (χ2v) is 8.39. The van der Waals surface area contributed by atoms with Crippen LogP contribution in [0, 0.1) is 0 Å². The number of likely N-dealkylation sites (tertiary alicyclic amines) is 1. The molecule has 0 saturated carbocycles. The van der Waals surface area contributed by atoms with Crippen LogP contribution in [0.3, 0.4) is 0 Å². The topological polar surface area (TPSA) is 71.1 Å². The minimum atomic E-state index is 0.0105. The van der Waals surface area contributed by atoms with Crippen LogP contribution in [-0.2, 0) is 18.4 Å². The number of piperidine rings is 1. The zero-order chi connectivity index (χ0) is 20.6. The lowest BCUT2D eigenvalue weighted by atomic mass is 9.76. The average molecular weight is 402 g/mol. The molecule has 3 heterocycles. The lowest BCUT2D eigenvalue weighted by Crippen LogP contribution is -2.41. The zero-order valence-corrected chi connectivity index (χ0v) is 17.2. The monoisotopic (exact) mass is 402 g/mol. The Hall–Kier alpha value is -2.99. The number of nitrogens with one attached hydrogen (secondary N) is 1. The molecule has 1 aliphatic heterocycles. The molecular weight excluding hydrogens is 376 g/mol. The van der Waals surface area contributed by atoms with E-state index in [1.54, 1.807) is 19.5 Å². The molecule has 0 atom stereocenters. The number of pyridine rings is 1.